The molecule has 49 heavy (non-hydrogen) atoms. The first-order valence-electron chi connectivity index (χ1n) is 15.4. The fourth-order valence-corrected chi connectivity index (χ4v) is 7.07. The molecule has 2 aromatic heterocycles. The number of halogens is 1. The van der Waals surface area contributed by atoms with Gasteiger partial charge in [0.05, 0.1) is 29.9 Å². The average molecular weight is 680 g/mol. The van der Waals surface area contributed by atoms with Gasteiger partial charge in [-0.3, -0.25) is 9.59 Å². The van der Waals surface area contributed by atoms with Crippen molar-refractivity contribution in [1.29, 1.82) is 0 Å². The Balaban J connectivity index is 1.19. The number of nitrogen functional groups attached to an aromatic ring is 1. The predicted molar refractivity (Wildman–Crippen MR) is 178 cm³/mol. The molecule has 0 unspecified atom stereocenters. The second kappa shape index (κ2) is 13.3. The maximum Gasteiger partial charge on any atom is 0.333 e. The first-order valence-corrected chi connectivity index (χ1v) is 16.2. The molecule has 0 bridgehead atoms. The van der Waals surface area contributed by atoms with Crippen LogP contribution in [-0.4, -0.2) is 95.1 Å². The molecule has 2 aliphatic rings. The largest absolute Gasteiger partial charge is 0.375 e. The summed E-state index contributed by atoms with van der Waals surface area (Å²) in [5.41, 5.74) is 9.80. The molecule has 0 radical (unpaired) electrons. The summed E-state index contributed by atoms with van der Waals surface area (Å²) in [6.07, 6.45) is 5.24. The predicted octanol–water partition coefficient (Wildman–Crippen LogP) is 2.38. The zero-order valence-corrected chi connectivity index (χ0v) is 26.8. The Bertz CT molecular complexity index is 2050. The van der Waals surface area contributed by atoms with Gasteiger partial charge >= 0.3 is 6.03 Å². The number of nitrogens with zero attached hydrogens (tertiary/aromatic N) is 8. The number of thiazole rings is 1. The quantitative estimate of drug-likeness (QED) is 0.198. The van der Waals surface area contributed by atoms with Crippen LogP contribution < -0.4 is 11.1 Å². The molecular weight excluding hydrogens is 650 g/mol. The van der Waals surface area contributed by atoms with Crippen molar-refractivity contribution in [3.63, 3.8) is 0 Å². The van der Waals surface area contributed by atoms with Crippen LogP contribution in [0.2, 0.25) is 0 Å². The minimum atomic E-state index is -0.872. The molecule has 4 heterocycles. The third kappa shape index (κ3) is 6.36. The number of urea groups is 1. The van der Waals surface area contributed by atoms with E-state index in [9.17, 15) is 18.8 Å². The fourth-order valence-electron chi connectivity index (χ4n) is 6.29. The molecular formula is C33H30FN11O3S. The molecule has 4 N–H and O–H groups in total. The van der Waals surface area contributed by atoms with Gasteiger partial charge in [0.25, 0.3) is 0 Å². The Morgan fingerprint density at radius 2 is 1.90 bits per heavy atom. The number of piperazine rings is 1. The molecule has 2 saturated heterocycles. The summed E-state index contributed by atoms with van der Waals surface area (Å²) >= 11 is 1.36. The van der Waals surface area contributed by atoms with E-state index in [0.717, 1.165) is 21.4 Å². The van der Waals surface area contributed by atoms with Crippen molar-refractivity contribution in [2.75, 3.05) is 25.4 Å². The Kier molecular flexibility index (Phi) is 8.59. The van der Waals surface area contributed by atoms with Crippen LogP contribution in [0.3, 0.4) is 0 Å². The number of amides is 4. The van der Waals surface area contributed by atoms with E-state index in [-0.39, 0.29) is 56.8 Å². The molecule has 2 fully saturated rings. The normalized spacial score (nSPS) is 17.7. The monoisotopic (exact) mass is 679 g/mol. The summed E-state index contributed by atoms with van der Waals surface area (Å²) in [7, 11) is 0. The standard InChI is InChI=1S/C33H30FN11O3S/c1-2-14-43(33(48)36-16-21-8-12-24(34)13-9-21)44-19-28(46)45-25(15-20-6-10-22(11-7-20)30-38-40-41-39-30)31(47)42(18-27(44)45)17-23-4-3-5-26-29(23)37-32(35)49-26/h1,3-13,25,27H,14-19H2,(H2,35,37)(H,36,48)(H,38,39,40,41)/t25-,27+/m0/s1. The van der Waals surface area contributed by atoms with Gasteiger partial charge in [-0.2, -0.15) is 5.01 Å². The van der Waals surface area contributed by atoms with E-state index >= 15 is 0 Å². The van der Waals surface area contributed by atoms with Crippen LogP contribution in [-0.2, 0) is 29.1 Å². The summed E-state index contributed by atoms with van der Waals surface area (Å²) in [5, 5.41) is 20.1. The number of fused-ring (bicyclic) bond motifs is 2. The van der Waals surface area contributed by atoms with Crippen molar-refractivity contribution >= 4 is 44.5 Å². The average Bonchev–Trinajstić information content (AvgIpc) is 3.85. The van der Waals surface area contributed by atoms with Crippen LogP contribution in [0.15, 0.2) is 66.7 Å². The minimum Gasteiger partial charge on any atom is -0.375 e. The number of H-pyrrole nitrogens is 1. The van der Waals surface area contributed by atoms with Crippen LogP contribution in [0.1, 0.15) is 16.7 Å². The molecule has 5 aromatic rings. The van der Waals surface area contributed by atoms with Crippen LogP contribution >= 0.6 is 11.3 Å². The molecule has 0 aliphatic carbocycles. The molecule has 14 nitrogen and oxygen atoms in total. The number of carbonyl (C=O) groups excluding carboxylic acids is 3. The molecule has 16 heteroatoms. The smallest absolute Gasteiger partial charge is 0.333 e. The zero-order valence-electron chi connectivity index (χ0n) is 26.0. The van der Waals surface area contributed by atoms with Gasteiger partial charge in [0.15, 0.2) is 11.0 Å². The zero-order chi connectivity index (χ0) is 34.1. The van der Waals surface area contributed by atoms with Crippen molar-refractivity contribution in [2.45, 2.75) is 31.7 Å². The number of tetrazole rings is 1. The van der Waals surface area contributed by atoms with Gasteiger partial charge in [-0.15, -0.1) is 11.5 Å². The van der Waals surface area contributed by atoms with Gasteiger partial charge in [0.1, 0.15) is 18.0 Å². The maximum absolute atomic E-state index is 14.3. The number of nitrogens with one attached hydrogen (secondary N) is 2. The molecule has 0 saturated carbocycles. The molecule has 4 amide bonds. The highest BCUT2D eigenvalue weighted by atomic mass is 32.1. The Morgan fingerprint density at radius 1 is 1.12 bits per heavy atom. The SMILES string of the molecule is C#CCN(C(=O)NCc1ccc(F)cc1)N1CC(=O)N2[C@@H](Cc3ccc(-c4nnn[nH]4)cc3)C(=O)N(Cc3cccc4sc(N)nc34)C[C@@H]21. The lowest BCUT2D eigenvalue weighted by molar-refractivity contribution is -0.157. The first kappa shape index (κ1) is 31.7. The Morgan fingerprint density at radius 3 is 2.63 bits per heavy atom. The highest BCUT2D eigenvalue weighted by Crippen LogP contribution is 2.32. The molecule has 2 atom stereocenters. The number of para-hydroxylation sites is 1. The number of nitrogens with two attached hydrogens (primary N) is 1. The van der Waals surface area contributed by atoms with E-state index in [4.69, 9.17) is 12.2 Å². The van der Waals surface area contributed by atoms with E-state index < -0.39 is 18.2 Å². The van der Waals surface area contributed by atoms with Crippen molar-refractivity contribution in [3.05, 3.63) is 89.2 Å². The van der Waals surface area contributed by atoms with E-state index in [1.807, 2.05) is 42.5 Å². The Labute approximate surface area is 283 Å². The third-order valence-corrected chi connectivity index (χ3v) is 9.44. The lowest BCUT2D eigenvalue weighted by Crippen LogP contribution is -2.66. The number of hydrogen-bond acceptors (Lipinski definition) is 10. The van der Waals surface area contributed by atoms with Crippen LogP contribution in [0.25, 0.3) is 21.6 Å². The number of benzene rings is 3. The number of rotatable bonds is 9. The summed E-state index contributed by atoms with van der Waals surface area (Å²) in [4.78, 5) is 49.4. The van der Waals surface area contributed by atoms with Gasteiger partial charge in [-0.1, -0.05) is 65.8 Å². The molecule has 248 valence electrons. The number of anilines is 1. The van der Waals surface area contributed by atoms with E-state index in [2.05, 4.69) is 36.8 Å². The number of aromatic amines is 1. The van der Waals surface area contributed by atoms with Gasteiger partial charge < -0.3 is 20.9 Å². The first-order chi connectivity index (χ1) is 23.8. The number of terminal acetylenes is 1. The van der Waals surface area contributed by atoms with E-state index in [1.54, 1.807) is 26.9 Å². The topological polar surface area (TPSA) is 170 Å². The summed E-state index contributed by atoms with van der Waals surface area (Å²) in [6, 6.07) is 17.5. The van der Waals surface area contributed by atoms with Gasteiger partial charge in [-0.25, -0.2) is 24.3 Å². The van der Waals surface area contributed by atoms with Gasteiger partial charge in [0.2, 0.25) is 11.8 Å². The van der Waals surface area contributed by atoms with Crippen molar-refractivity contribution in [2.24, 2.45) is 0 Å². The summed E-state index contributed by atoms with van der Waals surface area (Å²) in [5.74, 6) is 2.09. The van der Waals surface area contributed by atoms with Crippen LogP contribution in [0, 0.1) is 18.2 Å². The fraction of sp³-hybridized carbons (Fsp3) is 0.242. The Hall–Kier alpha value is -5.92. The van der Waals surface area contributed by atoms with Crippen molar-refractivity contribution < 1.29 is 18.8 Å². The lowest BCUT2D eigenvalue weighted by atomic mass is 9.99. The second-order valence-corrected chi connectivity index (χ2v) is 12.7. The highest BCUT2D eigenvalue weighted by molar-refractivity contribution is 7.22. The highest BCUT2D eigenvalue weighted by Gasteiger charge is 2.52. The molecule has 2 aliphatic heterocycles. The van der Waals surface area contributed by atoms with E-state index in [1.165, 1.54) is 28.5 Å². The van der Waals surface area contributed by atoms with Crippen LogP contribution in [0.5, 0.6) is 0 Å². The number of carbonyl (C=O) groups is 3. The lowest BCUT2D eigenvalue weighted by Gasteiger charge is -2.46. The van der Waals surface area contributed by atoms with Crippen LogP contribution in [0.4, 0.5) is 14.3 Å². The molecule has 3 aromatic carbocycles. The maximum atomic E-state index is 14.3. The van der Waals surface area contributed by atoms with Gasteiger partial charge in [0, 0.05) is 25.1 Å². The van der Waals surface area contributed by atoms with Crippen molar-refractivity contribution in [3.8, 4) is 23.7 Å². The number of hydrogen-bond donors (Lipinski definition) is 3. The third-order valence-electron chi connectivity index (χ3n) is 8.59. The number of hydrazine groups is 1. The number of aromatic nitrogens is 5. The minimum absolute atomic E-state index is 0.112. The van der Waals surface area contributed by atoms with Crippen molar-refractivity contribution in [1.82, 2.24) is 50.7 Å². The molecule has 7 rings (SSSR count). The second-order valence-electron chi connectivity index (χ2n) is 11.6. The summed E-state index contributed by atoms with van der Waals surface area (Å²) in [6.45, 7) is 0.154. The molecule has 0 spiro atoms. The van der Waals surface area contributed by atoms with E-state index in [0.29, 0.717) is 22.0 Å². The summed E-state index contributed by atoms with van der Waals surface area (Å²) < 4.78 is 14.3. The van der Waals surface area contributed by atoms with Gasteiger partial charge in [-0.05, 0) is 45.3 Å².